The molecular formula is C16H24ClNOS. The van der Waals surface area contributed by atoms with E-state index in [1.807, 2.05) is 24.3 Å². The summed E-state index contributed by atoms with van der Waals surface area (Å²) in [6.45, 7) is 5.27. The Kier molecular flexibility index (Phi) is 6.53. The van der Waals surface area contributed by atoms with Crippen LogP contribution in [0.5, 0.6) is 5.75 Å². The Morgan fingerprint density at radius 3 is 2.80 bits per heavy atom. The van der Waals surface area contributed by atoms with Crippen LogP contribution in [0.2, 0.25) is 5.02 Å². The lowest BCUT2D eigenvalue weighted by Crippen LogP contribution is -2.40. The van der Waals surface area contributed by atoms with Crippen LogP contribution in [0.15, 0.2) is 24.3 Å². The number of benzene rings is 1. The molecule has 20 heavy (non-hydrogen) atoms. The summed E-state index contributed by atoms with van der Waals surface area (Å²) in [4.78, 5) is 0. The van der Waals surface area contributed by atoms with Gasteiger partial charge in [-0.2, -0.15) is 11.8 Å². The maximum absolute atomic E-state index is 5.96. The number of nitrogens with one attached hydrogen (secondary N) is 1. The molecule has 1 N–H and O–H groups in total. The molecule has 0 spiro atoms. The summed E-state index contributed by atoms with van der Waals surface area (Å²) in [7, 11) is 0. The highest BCUT2D eigenvalue weighted by atomic mass is 35.5. The summed E-state index contributed by atoms with van der Waals surface area (Å²) in [5.74, 6) is 4.28. The van der Waals surface area contributed by atoms with Gasteiger partial charge in [-0.25, -0.2) is 0 Å². The SMILES string of the molecule is CC(CNC(C)C1CCSCC1)Oc1cccc(Cl)c1. The van der Waals surface area contributed by atoms with E-state index in [9.17, 15) is 0 Å². The van der Waals surface area contributed by atoms with Crippen LogP contribution in [0.4, 0.5) is 0 Å². The predicted molar refractivity (Wildman–Crippen MR) is 89.1 cm³/mol. The van der Waals surface area contributed by atoms with Crippen LogP contribution in [0, 0.1) is 5.92 Å². The first-order valence-corrected chi connectivity index (χ1v) is 8.92. The second-order valence-corrected chi connectivity index (χ2v) is 7.19. The normalized spacial score (nSPS) is 19.6. The summed E-state index contributed by atoms with van der Waals surface area (Å²) >= 11 is 8.04. The Morgan fingerprint density at radius 2 is 2.10 bits per heavy atom. The summed E-state index contributed by atoms with van der Waals surface area (Å²) in [5, 5.41) is 4.34. The van der Waals surface area contributed by atoms with Gasteiger partial charge in [0.2, 0.25) is 0 Å². The molecule has 4 heteroatoms. The van der Waals surface area contributed by atoms with Gasteiger partial charge in [0.1, 0.15) is 11.9 Å². The molecule has 1 aromatic rings. The minimum Gasteiger partial charge on any atom is -0.489 e. The van der Waals surface area contributed by atoms with Gasteiger partial charge in [0.25, 0.3) is 0 Å². The van der Waals surface area contributed by atoms with Crippen LogP contribution in [0.3, 0.4) is 0 Å². The second kappa shape index (κ2) is 8.16. The predicted octanol–water partition coefficient (Wildman–Crippen LogP) is 4.23. The van der Waals surface area contributed by atoms with E-state index in [1.165, 1.54) is 24.3 Å². The number of hydrogen-bond acceptors (Lipinski definition) is 3. The summed E-state index contributed by atoms with van der Waals surface area (Å²) in [6, 6.07) is 8.16. The van der Waals surface area contributed by atoms with Crippen molar-refractivity contribution >= 4 is 23.4 Å². The molecule has 2 atom stereocenters. The fourth-order valence-electron chi connectivity index (χ4n) is 2.55. The third-order valence-electron chi connectivity index (χ3n) is 3.83. The topological polar surface area (TPSA) is 21.3 Å². The maximum Gasteiger partial charge on any atom is 0.121 e. The zero-order valence-corrected chi connectivity index (χ0v) is 13.8. The van der Waals surface area contributed by atoms with Crippen molar-refractivity contribution in [2.24, 2.45) is 5.92 Å². The van der Waals surface area contributed by atoms with Crippen molar-refractivity contribution in [2.45, 2.75) is 38.8 Å². The average molecular weight is 314 g/mol. The van der Waals surface area contributed by atoms with E-state index in [4.69, 9.17) is 16.3 Å². The lowest BCUT2D eigenvalue weighted by atomic mass is 9.95. The van der Waals surface area contributed by atoms with Gasteiger partial charge in [0.05, 0.1) is 0 Å². The van der Waals surface area contributed by atoms with Crippen molar-refractivity contribution in [1.29, 1.82) is 0 Å². The zero-order valence-electron chi connectivity index (χ0n) is 12.3. The molecule has 1 aliphatic rings. The molecule has 1 fully saturated rings. The van der Waals surface area contributed by atoms with Crippen LogP contribution in [0.1, 0.15) is 26.7 Å². The van der Waals surface area contributed by atoms with E-state index in [-0.39, 0.29) is 6.10 Å². The zero-order chi connectivity index (χ0) is 14.4. The summed E-state index contributed by atoms with van der Waals surface area (Å²) < 4.78 is 5.88. The lowest BCUT2D eigenvalue weighted by molar-refractivity contribution is 0.203. The Bertz CT molecular complexity index is 409. The molecule has 0 aromatic heterocycles. The van der Waals surface area contributed by atoms with Crippen molar-refractivity contribution < 1.29 is 4.74 Å². The standard InChI is InChI=1S/C16H24ClNOS/c1-12(19-16-5-3-4-15(17)10-16)11-18-13(2)14-6-8-20-9-7-14/h3-5,10,12-14,18H,6-9,11H2,1-2H3. The van der Waals surface area contributed by atoms with Crippen molar-refractivity contribution in [1.82, 2.24) is 5.32 Å². The molecule has 0 radical (unpaired) electrons. The molecule has 112 valence electrons. The Labute approximate surface area is 131 Å². The highest BCUT2D eigenvalue weighted by Crippen LogP contribution is 2.25. The smallest absolute Gasteiger partial charge is 0.121 e. The first-order valence-electron chi connectivity index (χ1n) is 7.38. The van der Waals surface area contributed by atoms with Gasteiger partial charge in [-0.15, -0.1) is 0 Å². The minimum atomic E-state index is 0.147. The van der Waals surface area contributed by atoms with Crippen LogP contribution in [-0.4, -0.2) is 30.2 Å². The van der Waals surface area contributed by atoms with Gasteiger partial charge in [-0.1, -0.05) is 17.7 Å². The number of rotatable bonds is 6. The molecule has 0 saturated carbocycles. The van der Waals surface area contributed by atoms with Gasteiger partial charge >= 0.3 is 0 Å². The van der Waals surface area contributed by atoms with E-state index < -0.39 is 0 Å². The van der Waals surface area contributed by atoms with Crippen molar-refractivity contribution in [3.8, 4) is 5.75 Å². The maximum atomic E-state index is 5.96. The quantitative estimate of drug-likeness (QED) is 0.849. The second-order valence-electron chi connectivity index (χ2n) is 5.53. The largest absolute Gasteiger partial charge is 0.489 e. The van der Waals surface area contributed by atoms with Gasteiger partial charge in [-0.3, -0.25) is 0 Å². The molecule has 0 aliphatic carbocycles. The van der Waals surface area contributed by atoms with Crippen LogP contribution in [0.25, 0.3) is 0 Å². The van der Waals surface area contributed by atoms with Gasteiger partial charge in [0, 0.05) is 17.6 Å². The molecule has 2 unspecified atom stereocenters. The summed E-state index contributed by atoms with van der Waals surface area (Å²) in [6.07, 6.45) is 2.82. The number of hydrogen-bond donors (Lipinski definition) is 1. The Morgan fingerprint density at radius 1 is 1.35 bits per heavy atom. The first kappa shape index (κ1) is 16.0. The number of thioether (sulfide) groups is 1. The van der Waals surface area contributed by atoms with Crippen molar-refractivity contribution in [3.05, 3.63) is 29.3 Å². The van der Waals surface area contributed by atoms with E-state index >= 15 is 0 Å². The third kappa shape index (κ3) is 5.19. The number of ether oxygens (including phenoxy) is 1. The van der Waals surface area contributed by atoms with Crippen molar-refractivity contribution in [2.75, 3.05) is 18.1 Å². The van der Waals surface area contributed by atoms with E-state index in [0.717, 1.165) is 23.2 Å². The monoisotopic (exact) mass is 313 g/mol. The molecule has 1 heterocycles. The fourth-order valence-corrected chi connectivity index (χ4v) is 3.87. The Balaban J connectivity index is 1.72. The van der Waals surface area contributed by atoms with E-state index in [0.29, 0.717) is 6.04 Å². The summed E-state index contributed by atoms with van der Waals surface area (Å²) in [5.41, 5.74) is 0. The molecule has 1 saturated heterocycles. The fraction of sp³-hybridized carbons (Fsp3) is 0.625. The average Bonchev–Trinajstić information content (AvgIpc) is 2.46. The lowest BCUT2D eigenvalue weighted by Gasteiger charge is -2.29. The minimum absolute atomic E-state index is 0.147. The molecule has 1 aromatic carbocycles. The van der Waals surface area contributed by atoms with Crippen LogP contribution in [-0.2, 0) is 0 Å². The van der Waals surface area contributed by atoms with Crippen LogP contribution >= 0.6 is 23.4 Å². The molecule has 0 bridgehead atoms. The molecule has 2 nitrogen and oxygen atoms in total. The van der Waals surface area contributed by atoms with Gasteiger partial charge in [0.15, 0.2) is 0 Å². The third-order valence-corrected chi connectivity index (χ3v) is 5.12. The van der Waals surface area contributed by atoms with Gasteiger partial charge in [-0.05, 0) is 62.3 Å². The van der Waals surface area contributed by atoms with Crippen LogP contribution < -0.4 is 10.1 Å². The van der Waals surface area contributed by atoms with E-state index in [2.05, 4.69) is 30.9 Å². The Hall–Kier alpha value is -0.380. The first-order chi connectivity index (χ1) is 9.65. The number of halogens is 1. The highest BCUT2D eigenvalue weighted by Gasteiger charge is 2.20. The van der Waals surface area contributed by atoms with E-state index in [1.54, 1.807) is 0 Å². The molecular weight excluding hydrogens is 290 g/mol. The van der Waals surface area contributed by atoms with Gasteiger partial charge < -0.3 is 10.1 Å². The molecule has 0 amide bonds. The van der Waals surface area contributed by atoms with Crippen molar-refractivity contribution in [3.63, 3.8) is 0 Å². The molecule has 2 rings (SSSR count). The molecule has 1 aliphatic heterocycles. The highest BCUT2D eigenvalue weighted by molar-refractivity contribution is 7.99.